The molecular formula is C25H23Cl2N7O3S. The number of aryl methyl sites for hydroxylation is 1. The number of nitrogens with one attached hydrogen (secondary N) is 1. The van der Waals surface area contributed by atoms with Crippen LogP contribution < -0.4 is 10.1 Å². The van der Waals surface area contributed by atoms with Crippen molar-refractivity contribution in [3.8, 4) is 16.9 Å². The first kappa shape index (κ1) is 26.1. The van der Waals surface area contributed by atoms with Gasteiger partial charge in [-0.15, -0.1) is 0 Å². The van der Waals surface area contributed by atoms with Crippen LogP contribution in [-0.2, 0) is 13.1 Å². The highest BCUT2D eigenvalue weighted by Gasteiger charge is 2.32. The van der Waals surface area contributed by atoms with E-state index < -0.39 is 0 Å². The molecule has 0 bridgehead atoms. The number of nitrogens with zero attached hydrogens (tertiary/aromatic N) is 6. The summed E-state index contributed by atoms with van der Waals surface area (Å²) in [6.45, 7) is 6.38. The summed E-state index contributed by atoms with van der Waals surface area (Å²) in [5, 5.41) is 8.12. The summed E-state index contributed by atoms with van der Waals surface area (Å²) in [7, 11) is 1.53. The van der Waals surface area contributed by atoms with Gasteiger partial charge in [0.1, 0.15) is 16.6 Å². The van der Waals surface area contributed by atoms with Gasteiger partial charge >= 0.3 is 0 Å². The monoisotopic (exact) mass is 571 g/mol. The molecule has 0 aromatic carbocycles. The van der Waals surface area contributed by atoms with E-state index in [-0.39, 0.29) is 23.0 Å². The summed E-state index contributed by atoms with van der Waals surface area (Å²) in [4.78, 5) is 42.0. The molecule has 1 aliphatic heterocycles. The van der Waals surface area contributed by atoms with Gasteiger partial charge in [-0.1, -0.05) is 34.5 Å². The third-order valence-corrected chi connectivity index (χ3v) is 7.51. The van der Waals surface area contributed by atoms with E-state index >= 15 is 0 Å². The molecule has 0 saturated carbocycles. The lowest BCUT2D eigenvalue weighted by molar-refractivity contribution is 0.0736. The quantitative estimate of drug-likeness (QED) is 0.307. The Kier molecular flexibility index (Phi) is 7.08. The Morgan fingerprint density at radius 3 is 2.61 bits per heavy atom. The van der Waals surface area contributed by atoms with Gasteiger partial charge in [0.05, 0.1) is 53.8 Å². The number of rotatable bonds is 6. The van der Waals surface area contributed by atoms with Gasteiger partial charge < -0.3 is 9.64 Å². The molecule has 1 aliphatic rings. The van der Waals surface area contributed by atoms with Crippen molar-refractivity contribution in [1.82, 2.24) is 29.6 Å². The van der Waals surface area contributed by atoms with Gasteiger partial charge in [0.25, 0.3) is 11.8 Å². The molecule has 0 fully saturated rings. The number of pyridine rings is 2. The van der Waals surface area contributed by atoms with Crippen molar-refractivity contribution in [1.29, 1.82) is 0 Å². The first-order valence-electron chi connectivity index (χ1n) is 11.6. The van der Waals surface area contributed by atoms with E-state index in [2.05, 4.69) is 25.4 Å². The van der Waals surface area contributed by atoms with Crippen molar-refractivity contribution < 1.29 is 14.3 Å². The van der Waals surface area contributed by atoms with Crippen molar-refractivity contribution in [3.05, 3.63) is 68.4 Å². The fraction of sp³-hybridized carbons (Fsp3) is 0.280. The largest absolute Gasteiger partial charge is 0.494 e. The number of carbonyl (C=O) groups excluding carboxylic acids is 2. The summed E-state index contributed by atoms with van der Waals surface area (Å²) < 4.78 is 7.06. The van der Waals surface area contributed by atoms with Crippen LogP contribution in [-0.4, -0.2) is 48.6 Å². The molecule has 196 valence electrons. The standard InChI is InChI=1S/C25H23Cl2N7O3S/c1-12(2)34-22(17(26)8-30-34)24(36)33-10-18-20(11-33)38-25(31-18)32-23(35)16-7-28-13(3)5-14(16)15-6-21(27)29-9-19(15)37-4/h5-9,12H,10-11H2,1-4H3,(H,31,32,35). The number of methoxy groups -OCH3 is 1. The number of amides is 2. The second-order valence-electron chi connectivity index (χ2n) is 8.96. The molecule has 38 heavy (non-hydrogen) atoms. The summed E-state index contributed by atoms with van der Waals surface area (Å²) in [5.41, 5.74) is 3.38. The van der Waals surface area contributed by atoms with E-state index in [4.69, 9.17) is 27.9 Å². The van der Waals surface area contributed by atoms with Gasteiger partial charge in [-0.05, 0) is 32.9 Å². The molecule has 4 aromatic rings. The number of fused-ring (bicyclic) bond motifs is 1. The van der Waals surface area contributed by atoms with Gasteiger partial charge in [0.2, 0.25) is 0 Å². The highest BCUT2D eigenvalue weighted by molar-refractivity contribution is 7.16. The molecule has 1 N–H and O–H groups in total. The number of carbonyl (C=O) groups is 2. The highest BCUT2D eigenvalue weighted by atomic mass is 35.5. The number of anilines is 1. The maximum atomic E-state index is 13.3. The molecule has 0 aliphatic carbocycles. The molecule has 0 saturated heterocycles. The van der Waals surface area contributed by atoms with Crippen LogP contribution in [0.3, 0.4) is 0 Å². The molecule has 2 amide bonds. The zero-order valence-corrected chi connectivity index (χ0v) is 23.3. The van der Waals surface area contributed by atoms with E-state index in [0.29, 0.717) is 51.4 Å². The van der Waals surface area contributed by atoms with Crippen molar-refractivity contribution in [2.24, 2.45) is 0 Å². The molecule has 13 heteroatoms. The SMILES string of the molecule is COc1cnc(Cl)cc1-c1cc(C)ncc1C(=O)Nc1nc2c(s1)CN(C(=O)c1c(Cl)cnn1C(C)C)C2. The third kappa shape index (κ3) is 4.84. The van der Waals surface area contributed by atoms with Gasteiger partial charge in [-0.25, -0.2) is 9.97 Å². The van der Waals surface area contributed by atoms with Crippen molar-refractivity contribution >= 4 is 51.5 Å². The molecule has 5 heterocycles. The molecule has 0 spiro atoms. The normalized spacial score (nSPS) is 12.7. The van der Waals surface area contributed by atoms with Crippen LogP contribution >= 0.6 is 34.5 Å². The topological polar surface area (TPSA) is 115 Å². The lowest BCUT2D eigenvalue weighted by Crippen LogP contribution is -2.29. The second kappa shape index (κ2) is 10.3. The van der Waals surface area contributed by atoms with Crippen LogP contribution in [0.2, 0.25) is 10.2 Å². The van der Waals surface area contributed by atoms with E-state index in [1.807, 2.05) is 20.8 Å². The average molecular weight is 572 g/mol. The predicted octanol–water partition coefficient (Wildman–Crippen LogP) is 5.41. The summed E-state index contributed by atoms with van der Waals surface area (Å²) in [5.74, 6) is -0.112. The number of hydrogen-bond donors (Lipinski definition) is 1. The number of hydrogen-bond acceptors (Lipinski definition) is 8. The molecule has 4 aromatic heterocycles. The number of ether oxygens (including phenoxy) is 1. The maximum Gasteiger partial charge on any atom is 0.274 e. The molecule has 10 nitrogen and oxygen atoms in total. The summed E-state index contributed by atoms with van der Waals surface area (Å²) in [6.07, 6.45) is 4.50. The zero-order valence-electron chi connectivity index (χ0n) is 21.0. The van der Waals surface area contributed by atoms with Gasteiger partial charge in [-0.3, -0.25) is 24.6 Å². The van der Waals surface area contributed by atoms with E-state index in [1.165, 1.54) is 37.0 Å². The maximum absolute atomic E-state index is 13.3. The minimum absolute atomic E-state index is 0.0117. The van der Waals surface area contributed by atoms with Crippen molar-refractivity contribution in [3.63, 3.8) is 0 Å². The first-order valence-corrected chi connectivity index (χ1v) is 13.2. The van der Waals surface area contributed by atoms with Crippen molar-refractivity contribution in [2.45, 2.75) is 39.9 Å². The zero-order chi connectivity index (χ0) is 27.1. The molecule has 0 atom stereocenters. The van der Waals surface area contributed by atoms with Crippen LogP contribution in [0.5, 0.6) is 5.75 Å². The Morgan fingerprint density at radius 2 is 1.89 bits per heavy atom. The van der Waals surface area contributed by atoms with Crippen LogP contribution in [0.25, 0.3) is 11.1 Å². The Morgan fingerprint density at radius 1 is 1.11 bits per heavy atom. The minimum atomic E-state index is -0.379. The molecular weight excluding hydrogens is 549 g/mol. The van der Waals surface area contributed by atoms with E-state index in [0.717, 1.165) is 16.3 Å². The van der Waals surface area contributed by atoms with Crippen LogP contribution in [0.4, 0.5) is 5.13 Å². The van der Waals surface area contributed by atoms with E-state index in [9.17, 15) is 9.59 Å². The molecule has 0 radical (unpaired) electrons. The van der Waals surface area contributed by atoms with Crippen LogP contribution in [0, 0.1) is 6.92 Å². The second-order valence-corrected chi connectivity index (χ2v) is 10.8. The van der Waals surface area contributed by atoms with Crippen molar-refractivity contribution in [2.75, 3.05) is 12.4 Å². The lowest BCUT2D eigenvalue weighted by atomic mass is 10.0. The number of aromatic nitrogens is 5. The lowest BCUT2D eigenvalue weighted by Gasteiger charge is -2.18. The van der Waals surface area contributed by atoms with Gasteiger partial charge in [0, 0.05) is 29.1 Å². The fourth-order valence-corrected chi connectivity index (χ4v) is 5.59. The number of halogens is 2. The Bertz CT molecular complexity index is 1540. The first-order chi connectivity index (χ1) is 18.2. The molecule has 0 unspecified atom stereocenters. The van der Waals surface area contributed by atoms with Gasteiger partial charge in [-0.2, -0.15) is 5.10 Å². The van der Waals surface area contributed by atoms with E-state index in [1.54, 1.807) is 21.7 Å². The number of thiazole rings is 1. The fourth-order valence-electron chi connectivity index (χ4n) is 4.24. The van der Waals surface area contributed by atoms with Gasteiger partial charge in [0.15, 0.2) is 5.13 Å². The van der Waals surface area contributed by atoms with Crippen LogP contribution in [0.1, 0.15) is 57.0 Å². The summed E-state index contributed by atoms with van der Waals surface area (Å²) in [6, 6.07) is 3.43. The average Bonchev–Trinajstić information content (AvgIpc) is 3.56. The third-order valence-electron chi connectivity index (χ3n) is 6.03. The Hall–Kier alpha value is -3.54. The smallest absolute Gasteiger partial charge is 0.274 e. The predicted molar refractivity (Wildman–Crippen MR) is 145 cm³/mol. The van der Waals surface area contributed by atoms with Crippen LogP contribution in [0.15, 0.2) is 30.7 Å². The Labute approximate surface area is 232 Å². The summed E-state index contributed by atoms with van der Waals surface area (Å²) >= 11 is 13.7. The highest BCUT2D eigenvalue weighted by Crippen LogP contribution is 2.36. The minimum Gasteiger partial charge on any atom is -0.494 e. The Balaban J connectivity index is 1.36. The molecule has 5 rings (SSSR count).